The SMILES string of the molecule is CCCNc1nc(OC(C)C)nc(-c2ccncc2)n1. The Morgan fingerprint density at radius 1 is 1.15 bits per heavy atom. The van der Waals surface area contributed by atoms with Gasteiger partial charge in [-0.15, -0.1) is 0 Å². The van der Waals surface area contributed by atoms with Crippen LogP contribution in [0.3, 0.4) is 0 Å². The smallest absolute Gasteiger partial charge is 0.322 e. The van der Waals surface area contributed by atoms with Crippen molar-refractivity contribution in [3.63, 3.8) is 0 Å². The second-order valence-corrected chi connectivity index (χ2v) is 4.59. The second kappa shape index (κ2) is 6.79. The topological polar surface area (TPSA) is 72.8 Å². The molecular weight excluding hydrogens is 254 g/mol. The van der Waals surface area contributed by atoms with Gasteiger partial charge in [0.05, 0.1) is 6.10 Å². The fraction of sp³-hybridized carbons (Fsp3) is 0.429. The minimum absolute atomic E-state index is 0.0155. The van der Waals surface area contributed by atoms with E-state index in [1.165, 1.54) is 0 Å². The number of rotatable bonds is 6. The molecule has 0 bridgehead atoms. The van der Waals surface area contributed by atoms with Gasteiger partial charge in [0.15, 0.2) is 5.82 Å². The highest BCUT2D eigenvalue weighted by Gasteiger charge is 2.10. The number of anilines is 1. The zero-order valence-corrected chi connectivity index (χ0v) is 12.0. The van der Waals surface area contributed by atoms with Crippen LogP contribution in [0.4, 0.5) is 5.95 Å². The van der Waals surface area contributed by atoms with E-state index in [-0.39, 0.29) is 6.10 Å². The molecule has 0 spiro atoms. The predicted molar refractivity (Wildman–Crippen MR) is 77.6 cm³/mol. The van der Waals surface area contributed by atoms with E-state index in [0.29, 0.717) is 17.8 Å². The summed E-state index contributed by atoms with van der Waals surface area (Å²) in [5, 5.41) is 3.16. The number of nitrogens with zero attached hydrogens (tertiary/aromatic N) is 4. The molecule has 2 aromatic heterocycles. The number of ether oxygens (including phenoxy) is 1. The zero-order chi connectivity index (χ0) is 14.4. The first-order valence-electron chi connectivity index (χ1n) is 6.76. The molecule has 0 saturated heterocycles. The van der Waals surface area contributed by atoms with Gasteiger partial charge in [0, 0.05) is 24.5 Å². The average Bonchev–Trinajstić information content (AvgIpc) is 2.45. The largest absolute Gasteiger partial charge is 0.461 e. The van der Waals surface area contributed by atoms with Gasteiger partial charge in [-0.3, -0.25) is 4.98 Å². The molecule has 2 aromatic rings. The van der Waals surface area contributed by atoms with Gasteiger partial charge in [-0.25, -0.2) is 0 Å². The monoisotopic (exact) mass is 273 g/mol. The van der Waals surface area contributed by atoms with Gasteiger partial charge in [-0.05, 0) is 32.4 Å². The highest BCUT2D eigenvalue weighted by Crippen LogP contribution is 2.18. The highest BCUT2D eigenvalue weighted by molar-refractivity contribution is 5.55. The third kappa shape index (κ3) is 3.88. The molecular formula is C14H19N5O. The van der Waals surface area contributed by atoms with Crippen LogP contribution >= 0.6 is 0 Å². The van der Waals surface area contributed by atoms with Gasteiger partial charge in [-0.1, -0.05) is 6.92 Å². The number of aromatic nitrogens is 4. The summed E-state index contributed by atoms with van der Waals surface area (Å²) in [4.78, 5) is 17.0. The van der Waals surface area contributed by atoms with Gasteiger partial charge in [0.1, 0.15) is 0 Å². The van der Waals surface area contributed by atoms with Crippen LogP contribution in [0.25, 0.3) is 11.4 Å². The first kappa shape index (κ1) is 14.2. The first-order valence-corrected chi connectivity index (χ1v) is 6.76. The number of nitrogens with one attached hydrogen (secondary N) is 1. The lowest BCUT2D eigenvalue weighted by Crippen LogP contribution is -2.12. The van der Waals surface area contributed by atoms with E-state index in [0.717, 1.165) is 18.5 Å². The van der Waals surface area contributed by atoms with Crippen molar-refractivity contribution in [3.05, 3.63) is 24.5 Å². The number of hydrogen-bond acceptors (Lipinski definition) is 6. The van der Waals surface area contributed by atoms with E-state index in [1.54, 1.807) is 12.4 Å². The summed E-state index contributed by atoms with van der Waals surface area (Å²) in [6.45, 7) is 6.77. The van der Waals surface area contributed by atoms with Gasteiger partial charge in [-0.2, -0.15) is 15.0 Å². The lowest BCUT2D eigenvalue weighted by atomic mass is 10.2. The molecule has 0 aliphatic heterocycles. The van der Waals surface area contributed by atoms with Crippen LogP contribution in [0, 0.1) is 0 Å². The van der Waals surface area contributed by atoms with Crippen LogP contribution in [0.2, 0.25) is 0 Å². The van der Waals surface area contributed by atoms with Crippen molar-refractivity contribution in [2.45, 2.75) is 33.3 Å². The molecule has 0 aliphatic rings. The Morgan fingerprint density at radius 2 is 1.90 bits per heavy atom. The molecule has 106 valence electrons. The third-order valence-electron chi connectivity index (χ3n) is 2.43. The fourth-order valence-corrected chi connectivity index (χ4v) is 1.57. The third-order valence-corrected chi connectivity index (χ3v) is 2.43. The summed E-state index contributed by atoms with van der Waals surface area (Å²) in [7, 11) is 0. The second-order valence-electron chi connectivity index (χ2n) is 4.59. The summed E-state index contributed by atoms with van der Waals surface area (Å²) in [6.07, 6.45) is 4.43. The van der Waals surface area contributed by atoms with E-state index >= 15 is 0 Å². The summed E-state index contributed by atoms with van der Waals surface area (Å²) in [6, 6.07) is 4.05. The molecule has 6 heteroatoms. The molecule has 0 atom stereocenters. The molecule has 0 aliphatic carbocycles. The Kier molecular flexibility index (Phi) is 4.81. The summed E-state index contributed by atoms with van der Waals surface area (Å²) in [5.74, 6) is 1.11. The molecule has 0 aromatic carbocycles. The average molecular weight is 273 g/mol. The van der Waals surface area contributed by atoms with Crippen molar-refractivity contribution in [3.8, 4) is 17.4 Å². The molecule has 1 N–H and O–H groups in total. The molecule has 0 unspecified atom stereocenters. The molecule has 0 saturated carbocycles. The molecule has 0 radical (unpaired) electrons. The minimum Gasteiger partial charge on any atom is -0.461 e. The molecule has 0 fully saturated rings. The van der Waals surface area contributed by atoms with Gasteiger partial charge < -0.3 is 10.1 Å². The van der Waals surface area contributed by atoms with Crippen molar-refractivity contribution >= 4 is 5.95 Å². The van der Waals surface area contributed by atoms with Crippen LogP contribution in [0.5, 0.6) is 6.01 Å². The van der Waals surface area contributed by atoms with Crippen LogP contribution in [0.1, 0.15) is 27.2 Å². The highest BCUT2D eigenvalue weighted by atomic mass is 16.5. The molecule has 0 amide bonds. The fourth-order valence-electron chi connectivity index (χ4n) is 1.57. The zero-order valence-electron chi connectivity index (χ0n) is 12.0. The van der Waals surface area contributed by atoms with Crippen LogP contribution in [-0.2, 0) is 0 Å². The van der Waals surface area contributed by atoms with Crippen molar-refractivity contribution in [2.24, 2.45) is 0 Å². The number of hydrogen-bond donors (Lipinski definition) is 1. The lowest BCUT2D eigenvalue weighted by molar-refractivity contribution is 0.222. The van der Waals surface area contributed by atoms with Gasteiger partial charge in [0.2, 0.25) is 5.95 Å². The van der Waals surface area contributed by atoms with Gasteiger partial charge >= 0.3 is 6.01 Å². The Morgan fingerprint density at radius 3 is 2.55 bits per heavy atom. The van der Waals surface area contributed by atoms with Gasteiger partial charge in [0.25, 0.3) is 0 Å². The Balaban J connectivity index is 2.34. The first-order chi connectivity index (χ1) is 9.69. The van der Waals surface area contributed by atoms with Crippen LogP contribution < -0.4 is 10.1 Å². The van der Waals surface area contributed by atoms with E-state index in [4.69, 9.17) is 4.74 Å². The molecule has 6 nitrogen and oxygen atoms in total. The van der Waals surface area contributed by atoms with Crippen molar-refractivity contribution in [1.29, 1.82) is 0 Å². The minimum atomic E-state index is 0.0155. The van der Waals surface area contributed by atoms with E-state index < -0.39 is 0 Å². The number of pyridine rings is 1. The van der Waals surface area contributed by atoms with Crippen molar-refractivity contribution in [1.82, 2.24) is 19.9 Å². The molecule has 2 heterocycles. The lowest BCUT2D eigenvalue weighted by Gasteiger charge is -2.11. The Labute approximate surface area is 118 Å². The summed E-state index contributed by atoms with van der Waals surface area (Å²) < 4.78 is 5.58. The standard InChI is InChI=1S/C14H19N5O/c1-4-7-16-13-17-12(11-5-8-15-9-6-11)18-14(19-13)20-10(2)3/h5-6,8-10H,4,7H2,1-3H3,(H,16,17,18,19). The van der Waals surface area contributed by atoms with E-state index in [2.05, 4.69) is 32.2 Å². The van der Waals surface area contributed by atoms with Crippen molar-refractivity contribution in [2.75, 3.05) is 11.9 Å². The summed E-state index contributed by atoms with van der Waals surface area (Å²) >= 11 is 0. The maximum atomic E-state index is 5.58. The molecule has 2 rings (SSSR count). The van der Waals surface area contributed by atoms with Crippen molar-refractivity contribution < 1.29 is 4.74 Å². The quantitative estimate of drug-likeness (QED) is 0.872. The molecule has 20 heavy (non-hydrogen) atoms. The summed E-state index contributed by atoms with van der Waals surface area (Å²) in [5.41, 5.74) is 0.885. The maximum absolute atomic E-state index is 5.58. The Hall–Kier alpha value is -2.24. The normalized spacial score (nSPS) is 10.6. The van der Waals surface area contributed by atoms with E-state index in [9.17, 15) is 0 Å². The van der Waals surface area contributed by atoms with Crippen LogP contribution in [0.15, 0.2) is 24.5 Å². The van der Waals surface area contributed by atoms with E-state index in [1.807, 2.05) is 26.0 Å². The van der Waals surface area contributed by atoms with Crippen LogP contribution in [-0.4, -0.2) is 32.6 Å². The Bertz CT molecular complexity index is 545. The predicted octanol–water partition coefficient (Wildman–Crippen LogP) is 2.54. The maximum Gasteiger partial charge on any atom is 0.322 e.